The first-order valence-corrected chi connectivity index (χ1v) is 6.24. The fraction of sp³-hybridized carbons (Fsp3) is 0.133. The molecule has 0 aliphatic rings. The van der Waals surface area contributed by atoms with Gasteiger partial charge in [-0.3, -0.25) is 0 Å². The molecule has 0 aliphatic carbocycles. The number of imidazole rings is 1. The predicted octanol–water partition coefficient (Wildman–Crippen LogP) is 3.46. The fourth-order valence-electron chi connectivity index (χ4n) is 1.99. The number of halogens is 2. The van der Waals surface area contributed by atoms with Crippen molar-refractivity contribution in [3.8, 4) is 5.75 Å². The molecule has 0 atom stereocenters. The van der Waals surface area contributed by atoms with Crippen molar-refractivity contribution in [1.82, 2.24) is 9.97 Å². The molecule has 1 N–H and O–H groups in total. The van der Waals surface area contributed by atoms with Gasteiger partial charge in [0, 0.05) is 12.5 Å². The smallest absolute Gasteiger partial charge is 0.153 e. The van der Waals surface area contributed by atoms with Crippen LogP contribution >= 0.6 is 0 Å². The lowest BCUT2D eigenvalue weighted by atomic mass is 10.3. The molecule has 3 aromatic rings. The number of fused-ring (bicyclic) bond motifs is 1. The number of ether oxygens (including phenoxy) is 1. The number of H-pyrrole nitrogens is 1. The van der Waals surface area contributed by atoms with Crippen molar-refractivity contribution in [2.75, 3.05) is 6.61 Å². The van der Waals surface area contributed by atoms with E-state index < -0.39 is 11.6 Å². The topological polar surface area (TPSA) is 37.9 Å². The second-order valence-corrected chi connectivity index (χ2v) is 4.38. The van der Waals surface area contributed by atoms with Gasteiger partial charge in [-0.2, -0.15) is 0 Å². The van der Waals surface area contributed by atoms with Crippen molar-refractivity contribution in [1.29, 1.82) is 0 Å². The van der Waals surface area contributed by atoms with E-state index in [2.05, 4.69) is 9.97 Å². The molecule has 0 unspecified atom stereocenters. The molecule has 3 nitrogen and oxygen atoms in total. The lowest BCUT2D eigenvalue weighted by Crippen LogP contribution is -2.02. The van der Waals surface area contributed by atoms with Gasteiger partial charge in [-0.25, -0.2) is 13.8 Å². The van der Waals surface area contributed by atoms with Crippen molar-refractivity contribution < 1.29 is 13.5 Å². The molecule has 0 fully saturated rings. The normalized spacial score (nSPS) is 10.9. The van der Waals surface area contributed by atoms with E-state index in [-0.39, 0.29) is 5.52 Å². The quantitative estimate of drug-likeness (QED) is 0.791. The Hall–Kier alpha value is -2.43. The number of nitrogens with one attached hydrogen (secondary N) is 1. The zero-order chi connectivity index (χ0) is 13.9. The predicted molar refractivity (Wildman–Crippen MR) is 71.7 cm³/mol. The molecule has 20 heavy (non-hydrogen) atoms. The van der Waals surface area contributed by atoms with Crippen LogP contribution in [0.1, 0.15) is 5.82 Å². The Morgan fingerprint density at radius 2 is 1.90 bits per heavy atom. The maximum atomic E-state index is 13.5. The second-order valence-electron chi connectivity index (χ2n) is 4.38. The van der Waals surface area contributed by atoms with Gasteiger partial charge in [-0.15, -0.1) is 0 Å². The van der Waals surface area contributed by atoms with Crippen LogP contribution in [0.2, 0.25) is 0 Å². The Morgan fingerprint density at radius 3 is 2.70 bits per heavy atom. The lowest BCUT2D eigenvalue weighted by Gasteiger charge is -2.03. The van der Waals surface area contributed by atoms with Gasteiger partial charge in [0.15, 0.2) is 5.82 Å². The van der Waals surface area contributed by atoms with Crippen LogP contribution < -0.4 is 4.74 Å². The number of rotatable bonds is 4. The summed E-state index contributed by atoms with van der Waals surface area (Å²) in [6, 6.07) is 11.4. The van der Waals surface area contributed by atoms with E-state index in [9.17, 15) is 8.78 Å². The molecule has 102 valence electrons. The summed E-state index contributed by atoms with van der Waals surface area (Å²) in [5.74, 6) is 0.0541. The standard InChI is InChI=1S/C15H12F2N2O/c16-10-8-12(17)15-13(9-10)18-14(19-15)6-7-20-11-4-2-1-3-5-11/h1-5,8-9H,6-7H2,(H,18,19). The van der Waals surface area contributed by atoms with Crippen molar-refractivity contribution in [2.45, 2.75) is 6.42 Å². The molecule has 3 rings (SSSR count). The van der Waals surface area contributed by atoms with E-state index in [1.165, 1.54) is 6.07 Å². The van der Waals surface area contributed by atoms with Gasteiger partial charge >= 0.3 is 0 Å². The van der Waals surface area contributed by atoms with Crippen LogP contribution in [0.15, 0.2) is 42.5 Å². The lowest BCUT2D eigenvalue weighted by molar-refractivity contribution is 0.319. The molecule has 0 saturated heterocycles. The van der Waals surface area contributed by atoms with Crippen LogP contribution in [0.5, 0.6) is 5.75 Å². The summed E-state index contributed by atoms with van der Waals surface area (Å²) in [6.45, 7) is 0.411. The SMILES string of the molecule is Fc1cc(F)c2nc(CCOc3ccccc3)[nH]c2c1. The summed E-state index contributed by atoms with van der Waals surface area (Å²) in [4.78, 5) is 7.00. The molecule has 1 heterocycles. The van der Waals surface area contributed by atoms with Crippen LogP contribution in [0.25, 0.3) is 11.0 Å². The minimum Gasteiger partial charge on any atom is -0.493 e. The zero-order valence-electron chi connectivity index (χ0n) is 10.6. The Morgan fingerprint density at radius 1 is 1.10 bits per heavy atom. The molecule has 0 saturated carbocycles. The van der Waals surface area contributed by atoms with E-state index >= 15 is 0 Å². The Labute approximate surface area is 114 Å². The van der Waals surface area contributed by atoms with Gasteiger partial charge in [0.25, 0.3) is 0 Å². The third kappa shape index (κ3) is 2.61. The Balaban J connectivity index is 1.70. The first kappa shape index (κ1) is 12.6. The number of nitrogens with zero attached hydrogens (tertiary/aromatic N) is 1. The van der Waals surface area contributed by atoms with Crippen molar-refractivity contribution in [3.05, 3.63) is 59.9 Å². The monoisotopic (exact) mass is 274 g/mol. The number of hydrogen-bond donors (Lipinski definition) is 1. The maximum Gasteiger partial charge on any atom is 0.153 e. The van der Waals surface area contributed by atoms with Crippen LogP contribution in [0, 0.1) is 11.6 Å². The van der Waals surface area contributed by atoms with E-state index in [1.54, 1.807) is 0 Å². The highest BCUT2D eigenvalue weighted by molar-refractivity contribution is 5.75. The third-order valence-electron chi connectivity index (χ3n) is 2.90. The Kier molecular flexibility index (Phi) is 3.33. The molecule has 0 aliphatic heterocycles. The van der Waals surface area contributed by atoms with Crippen molar-refractivity contribution in [3.63, 3.8) is 0 Å². The number of aromatic nitrogens is 2. The molecule has 5 heteroatoms. The molecule has 0 bridgehead atoms. The summed E-state index contributed by atoms with van der Waals surface area (Å²) < 4.78 is 32.1. The van der Waals surface area contributed by atoms with E-state index in [0.717, 1.165) is 11.8 Å². The van der Waals surface area contributed by atoms with Gasteiger partial charge in [0.1, 0.15) is 22.9 Å². The van der Waals surface area contributed by atoms with Crippen LogP contribution in [-0.4, -0.2) is 16.6 Å². The second kappa shape index (κ2) is 5.28. The zero-order valence-corrected chi connectivity index (χ0v) is 10.6. The molecule has 0 amide bonds. The molecule has 0 radical (unpaired) electrons. The summed E-state index contributed by atoms with van der Waals surface area (Å²) >= 11 is 0. The van der Waals surface area contributed by atoms with Crippen LogP contribution in [0.3, 0.4) is 0 Å². The van der Waals surface area contributed by atoms with E-state index in [0.29, 0.717) is 24.4 Å². The van der Waals surface area contributed by atoms with Gasteiger partial charge in [0.2, 0.25) is 0 Å². The van der Waals surface area contributed by atoms with Gasteiger partial charge < -0.3 is 9.72 Å². The number of para-hydroxylation sites is 1. The summed E-state index contributed by atoms with van der Waals surface area (Å²) in [5.41, 5.74) is 0.512. The molecular weight excluding hydrogens is 262 g/mol. The third-order valence-corrected chi connectivity index (χ3v) is 2.90. The minimum atomic E-state index is -0.661. The molecular formula is C15H12F2N2O. The first-order valence-electron chi connectivity index (χ1n) is 6.24. The number of aromatic amines is 1. The first-order chi connectivity index (χ1) is 9.72. The largest absolute Gasteiger partial charge is 0.493 e. The number of hydrogen-bond acceptors (Lipinski definition) is 2. The highest BCUT2D eigenvalue weighted by Gasteiger charge is 2.09. The average molecular weight is 274 g/mol. The summed E-state index contributed by atoms with van der Waals surface area (Å²) in [6.07, 6.45) is 0.491. The highest BCUT2D eigenvalue weighted by Crippen LogP contribution is 2.17. The van der Waals surface area contributed by atoms with Crippen molar-refractivity contribution in [2.24, 2.45) is 0 Å². The highest BCUT2D eigenvalue weighted by atomic mass is 19.1. The fourth-order valence-corrected chi connectivity index (χ4v) is 1.99. The average Bonchev–Trinajstić information content (AvgIpc) is 2.83. The summed E-state index contributed by atoms with van der Waals surface area (Å²) in [5, 5.41) is 0. The van der Waals surface area contributed by atoms with Crippen molar-refractivity contribution >= 4 is 11.0 Å². The van der Waals surface area contributed by atoms with E-state index in [1.807, 2.05) is 30.3 Å². The molecule has 1 aromatic heterocycles. The maximum absolute atomic E-state index is 13.5. The van der Waals surface area contributed by atoms with Gasteiger partial charge in [-0.05, 0) is 18.2 Å². The number of benzene rings is 2. The van der Waals surface area contributed by atoms with Gasteiger partial charge in [-0.1, -0.05) is 18.2 Å². The van der Waals surface area contributed by atoms with Gasteiger partial charge in [0.05, 0.1) is 12.1 Å². The van der Waals surface area contributed by atoms with E-state index in [4.69, 9.17) is 4.74 Å². The van der Waals surface area contributed by atoms with Crippen LogP contribution in [0.4, 0.5) is 8.78 Å². The molecule has 2 aromatic carbocycles. The Bertz CT molecular complexity index is 725. The minimum absolute atomic E-state index is 0.154. The summed E-state index contributed by atoms with van der Waals surface area (Å²) in [7, 11) is 0. The van der Waals surface area contributed by atoms with Crippen LogP contribution in [-0.2, 0) is 6.42 Å². The molecule has 0 spiro atoms.